The van der Waals surface area contributed by atoms with Crippen molar-refractivity contribution in [2.75, 3.05) is 10.3 Å². The second-order valence-corrected chi connectivity index (χ2v) is 6.42. The number of rotatable bonds is 4. The molecular weight excluding hydrogens is 373 g/mol. The number of nitrogens with one attached hydrogen (secondary N) is 2. The Bertz CT molecular complexity index is 818. The van der Waals surface area contributed by atoms with Gasteiger partial charge in [0.1, 0.15) is 0 Å². The molecule has 3 nitrogen and oxygen atoms in total. The lowest BCUT2D eigenvalue weighted by atomic mass is 10.2. The predicted octanol–water partition coefficient (Wildman–Crippen LogP) is 6.03. The van der Waals surface area contributed by atoms with Crippen LogP contribution in [0.25, 0.3) is 0 Å². The summed E-state index contributed by atoms with van der Waals surface area (Å²) in [5.74, 6) is 0. The molecule has 25 heavy (non-hydrogen) atoms. The van der Waals surface area contributed by atoms with Crippen LogP contribution < -0.4 is 15.8 Å². The van der Waals surface area contributed by atoms with Gasteiger partial charge in [-0.05, 0) is 54.7 Å². The number of hydrogen-bond donors (Lipinski definition) is 2. The van der Waals surface area contributed by atoms with Gasteiger partial charge in [0.15, 0.2) is 5.11 Å². The number of halogens is 2. The number of hydrazine groups is 1. The van der Waals surface area contributed by atoms with Crippen molar-refractivity contribution >= 4 is 57.6 Å². The summed E-state index contributed by atoms with van der Waals surface area (Å²) in [6, 6.07) is 25.1. The van der Waals surface area contributed by atoms with Crippen molar-refractivity contribution in [3.05, 3.63) is 88.9 Å². The number of nitrogens with zero attached hydrogens (tertiary/aromatic N) is 1. The van der Waals surface area contributed by atoms with E-state index in [0.29, 0.717) is 15.2 Å². The van der Waals surface area contributed by atoms with E-state index in [-0.39, 0.29) is 0 Å². The number of para-hydroxylation sites is 2. The molecule has 6 heteroatoms. The van der Waals surface area contributed by atoms with Crippen molar-refractivity contribution in [2.24, 2.45) is 0 Å². The maximum atomic E-state index is 6.05. The van der Waals surface area contributed by atoms with Crippen LogP contribution in [-0.4, -0.2) is 5.11 Å². The SMILES string of the molecule is S=C(Nc1ccc(Cl)c(Cl)c1)NN(c1ccccc1)c1ccccc1. The molecule has 0 atom stereocenters. The third kappa shape index (κ3) is 4.63. The first-order valence-electron chi connectivity index (χ1n) is 7.56. The van der Waals surface area contributed by atoms with Gasteiger partial charge in [0, 0.05) is 5.69 Å². The van der Waals surface area contributed by atoms with Gasteiger partial charge in [-0.25, -0.2) is 0 Å². The van der Waals surface area contributed by atoms with Gasteiger partial charge >= 0.3 is 0 Å². The molecule has 0 aliphatic rings. The second kappa shape index (κ2) is 8.21. The smallest absolute Gasteiger partial charge is 0.190 e. The lowest BCUT2D eigenvalue weighted by Gasteiger charge is -2.27. The molecular formula is C19H15Cl2N3S. The summed E-state index contributed by atoms with van der Waals surface area (Å²) >= 11 is 17.4. The average Bonchev–Trinajstić information content (AvgIpc) is 2.64. The average molecular weight is 388 g/mol. The highest BCUT2D eigenvalue weighted by atomic mass is 35.5. The first kappa shape index (κ1) is 17.5. The summed E-state index contributed by atoms with van der Waals surface area (Å²) in [6.45, 7) is 0. The monoisotopic (exact) mass is 387 g/mol. The lowest BCUT2D eigenvalue weighted by Crippen LogP contribution is -2.41. The molecule has 3 aromatic rings. The van der Waals surface area contributed by atoms with Gasteiger partial charge in [0.25, 0.3) is 0 Å². The highest BCUT2D eigenvalue weighted by molar-refractivity contribution is 7.80. The number of benzene rings is 3. The third-order valence-corrected chi connectivity index (χ3v) is 4.35. The van der Waals surface area contributed by atoms with Crippen LogP contribution in [0.1, 0.15) is 0 Å². The highest BCUT2D eigenvalue weighted by Crippen LogP contribution is 2.26. The topological polar surface area (TPSA) is 27.3 Å². The van der Waals surface area contributed by atoms with Crippen molar-refractivity contribution < 1.29 is 0 Å². The Morgan fingerprint density at radius 1 is 0.760 bits per heavy atom. The molecule has 0 bridgehead atoms. The normalized spacial score (nSPS) is 10.2. The van der Waals surface area contributed by atoms with Crippen LogP contribution in [0.15, 0.2) is 78.9 Å². The first-order chi connectivity index (χ1) is 12.1. The van der Waals surface area contributed by atoms with Crippen molar-refractivity contribution in [2.45, 2.75) is 0 Å². The van der Waals surface area contributed by atoms with Crippen molar-refractivity contribution in [1.29, 1.82) is 0 Å². The van der Waals surface area contributed by atoms with Crippen LogP contribution in [0.5, 0.6) is 0 Å². The predicted molar refractivity (Wildman–Crippen MR) is 111 cm³/mol. The number of hydrogen-bond acceptors (Lipinski definition) is 2. The van der Waals surface area contributed by atoms with E-state index in [1.165, 1.54) is 0 Å². The van der Waals surface area contributed by atoms with E-state index in [1.807, 2.05) is 71.7 Å². The molecule has 0 fully saturated rings. The van der Waals surface area contributed by atoms with Gasteiger partial charge in [0.05, 0.1) is 21.4 Å². The molecule has 0 aromatic heterocycles. The van der Waals surface area contributed by atoms with Crippen LogP contribution in [0.2, 0.25) is 10.0 Å². The Hall–Kier alpha value is -2.27. The minimum atomic E-state index is 0.436. The summed E-state index contributed by atoms with van der Waals surface area (Å²) < 4.78 is 0. The molecule has 126 valence electrons. The largest absolute Gasteiger partial charge is 0.331 e. The van der Waals surface area contributed by atoms with Crippen molar-refractivity contribution in [3.8, 4) is 0 Å². The molecule has 0 spiro atoms. The van der Waals surface area contributed by atoms with Crippen molar-refractivity contribution in [1.82, 2.24) is 5.43 Å². The molecule has 0 unspecified atom stereocenters. The molecule has 0 radical (unpaired) electrons. The van der Waals surface area contributed by atoms with Crippen LogP contribution >= 0.6 is 35.4 Å². The molecule has 2 N–H and O–H groups in total. The van der Waals surface area contributed by atoms with Crippen molar-refractivity contribution in [3.63, 3.8) is 0 Å². The molecule has 3 rings (SSSR count). The summed E-state index contributed by atoms with van der Waals surface area (Å²) in [5.41, 5.74) is 5.90. The quantitative estimate of drug-likeness (QED) is 0.421. The summed E-state index contributed by atoms with van der Waals surface area (Å²) in [7, 11) is 0. The van der Waals surface area contributed by atoms with Gasteiger partial charge in [-0.3, -0.25) is 10.4 Å². The number of thiocarbonyl (C=S) groups is 1. The fraction of sp³-hybridized carbons (Fsp3) is 0. The Morgan fingerprint density at radius 3 is 1.84 bits per heavy atom. The minimum absolute atomic E-state index is 0.436. The summed E-state index contributed by atoms with van der Waals surface area (Å²) in [5, 5.41) is 6.43. The maximum Gasteiger partial charge on any atom is 0.190 e. The molecule has 0 amide bonds. The second-order valence-electron chi connectivity index (χ2n) is 5.20. The molecule has 3 aromatic carbocycles. The molecule has 0 aliphatic heterocycles. The van der Waals surface area contributed by atoms with E-state index >= 15 is 0 Å². The standard InChI is InChI=1S/C19H15Cl2N3S/c20-17-12-11-14(13-18(17)21)22-19(25)23-24(15-7-3-1-4-8-15)16-9-5-2-6-10-16/h1-13H,(H2,22,23,25). The van der Waals surface area contributed by atoms with Gasteiger partial charge in [-0.15, -0.1) is 0 Å². The van der Waals surface area contributed by atoms with E-state index in [0.717, 1.165) is 17.1 Å². The zero-order valence-electron chi connectivity index (χ0n) is 13.1. The third-order valence-electron chi connectivity index (χ3n) is 3.42. The molecule has 0 aliphatic carbocycles. The van der Waals surface area contributed by atoms with E-state index in [9.17, 15) is 0 Å². The molecule has 0 saturated heterocycles. The Balaban J connectivity index is 1.80. The Morgan fingerprint density at radius 2 is 1.32 bits per heavy atom. The minimum Gasteiger partial charge on any atom is -0.331 e. The van der Waals surface area contributed by atoms with Crippen LogP contribution in [0.3, 0.4) is 0 Å². The lowest BCUT2D eigenvalue weighted by molar-refractivity contribution is 0.943. The van der Waals surface area contributed by atoms with Gasteiger partial charge in [-0.2, -0.15) is 0 Å². The fourth-order valence-electron chi connectivity index (χ4n) is 2.27. The zero-order valence-corrected chi connectivity index (χ0v) is 15.4. The zero-order chi connectivity index (χ0) is 17.6. The van der Waals surface area contributed by atoms with Gasteiger partial charge in [0.2, 0.25) is 0 Å². The Labute approximate surface area is 162 Å². The highest BCUT2D eigenvalue weighted by Gasteiger charge is 2.11. The number of anilines is 3. The van der Waals surface area contributed by atoms with E-state index in [2.05, 4.69) is 10.7 Å². The fourth-order valence-corrected chi connectivity index (χ4v) is 2.77. The van der Waals surface area contributed by atoms with E-state index in [1.54, 1.807) is 12.1 Å². The van der Waals surface area contributed by atoms with E-state index < -0.39 is 0 Å². The van der Waals surface area contributed by atoms with Crippen LogP contribution in [-0.2, 0) is 0 Å². The van der Waals surface area contributed by atoms with Gasteiger partial charge in [-0.1, -0.05) is 59.6 Å². The van der Waals surface area contributed by atoms with E-state index in [4.69, 9.17) is 35.4 Å². The maximum absolute atomic E-state index is 6.05. The summed E-state index contributed by atoms with van der Waals surface area (Å²) in [6.07, 6.45) is 0. The molecule has 0 heterocycles. The first-order valence-corrected chi connectivity index (χ1v) is 8.73. The molecule has 0 saturated carbocycles. The summed E-state index contributed by atoms with van der Waals surface area (Å²) in [4.78, 5) is 0. The van der Waals surface area contributed by atoms with Gasteiger partial charge < -0.3 is 5.32 Å². The Kier molecular flexibility index (Phi) is 5.76. The van der Waals surface area contributed by atoms with Crippen LogP contribution in [0.4, 0.5) is 17.1 Å². The van der Waals surface area contributed by atoms with Crippen LogP contribution in [0, 0.1) is 0 Å².